The van der Waals surface area contributed by atoms with Gasteiger partial charge in [-0.2, -0.15) is 0 Å². The summed E-state index contributed by atoms with van der Waals surface area (Å²) < 4.78 is 3.07. The van der Waals surface area contributed by atoms with Crippen molar-refractivity contribution in [3.63, 3.8) is 0 Å². The van der Waals surface area contributed by atoms with Crippen molar-refractivity contribution in [1.29, 1.82) is 0 Å². The van der Waals surface area contributed by atoms with Crippen molar-refractivity contribution in [2.24, 2.45) is 7.05 Å². The molecular formula is C16H13N5O. The summed E-state index contributed by atoms with van der Waals surface area (Å²) >= 11 is 0. The summed E-state index contributed by atoms with van der Waals surface area (Å²) in [6.07, 6.45) is 1.55. The van der Waals surface area contributed by atoms with Gasteiger partial charge >= 0.3 is 0 Å². The highest BCUT2D eigenvalue weighted by Crippen LogP contribution is 2.19. The molecule has 2 aromatic heterocycles. The van der Waals surface area contributed by atoms with E-state index in [0.717, 1.165) is 16.3 Å². The smallest absolute Gasteiger partial charge is 0.283 e. The van der Waals surface area contributed by atoms with Crippen molar-refractivity contribution in [3.05, 3.63) is 64.7 Å². The summed E-state index contributed by atoms with van der Waals surface area (Å²) in [5.74, 6) is 0. The maximum atomic E-state index is 12.5. The molecule has 2 heterocycles. The highest BCUT2D eigenvalue weighted by molar-refractivity contribution is 5.85. The van der Waals surface area contributed by atoms with Gasteiger partial charge in [0.05, 0.1) is 6.54 Å². The van der Waals surface area contributed by atoms with E-state index in [1.54, 1.807) is 17.9 Å². The molecule has 0 N–H and O–H groups in total. The summed E-state index contributed by atoms with van der Waals surface area (Å²) in [7, 11) is 1.72. The number of aromatic nitrogens is 5. The Morgan fingerprint density at radius 2 is 1.91 bits per heavy atom. The van der Waals surface area contributed by atoms with Crippen LogP contribution in [0.5, 0.6) is 0 Å². The summed E-state index contributed by atoms with van der Waals surface area (Å²) in [5.41, 5.74) is 1.70. The molecule has 0 saturated heterocycles. The van der Waals surface area contributed by atoms with E-state index in [4.69, 9.17) is 0 Å². The van der Waals surface area contributed by atoms with Crippen LogP contribution in [0.2, 0.25) is 0 Å². The Kier molecular flexibility index (Phi) is 2.75. The fourth-order valence-corrected chi connectivity index (χ4v) is 2.67. The van der Waals surface area contributed by atoms with Crippen molar-refractivity contribution < 1.29 is 0 Å². The van der Waals surface area contributed by atoms with Gasteiger partial charge in [0.1, 0.15) is 6.33 Å². The van der Waals surface area contributed by atoms with Gasteiger partial charge < -0.3 is 0 Å². The van der Waals surface area contributed by atoms with Crippen molar-refractivity contribution >= 4 is 21.9 Å². The quantitative estimate of drug-likeness (QED) is 0.564. The Balaban J connectivity index is 1.86. The van der Waals surface area contributed by atoms with Crippen LogP contribution in [0.1, 0.15) is 5.56 Å². The van der Waals surface area contributed by atoms with E-state index in [9.17, 15) is 4.79 Å². The molecule has 4 rings (SSSR count). The topological polar surface area (TPSA) is 65.6 Å². The van der Waals surface area contributed by atoms with Gasteiger partial charge in [-0.05, 0) is 16.3 Å². The van der Waals surface area contributed by atoms with Crippen LogP contribution < -0.4 is 5.56 Å². The normalized spacial score (nSPS) is 11.3. The fourth-order valence-electron chi connectivity index (χ4n) is 2.67. The molecule has 0 unspecified atom stereocenters. The van der Waals surface area contributed by atoms with Crippen LogP contribution in [0.3, 0.4) is 0 Å². The number of rotatable bonds is 2. The second kappa shape index (κ2) is 4.77. The highest BCUT2D eigenvalue weighted by atomic mass is 16.1. The number of benzene rings is 2. The van der Waals surface area contributed by atoms with E-state index in [1.165, 1.54) is 4.68 Å². The van der Waals surface area contributed by atoms with Gasteiger partial charge in [0.15, 0.2) is 11.2 Å². The molecule has 0 amide bonds. The lowest BCUT2D eigenvalue weighted by atomic mass is 10.0. The lowest BCUT2D eigenvalue weighted by molar-refractivity contribution is 0.725. The summed E-state index contributed by atoms with van der Waals surface area (Å²) in [6, 6.07) is 14.2. The number of hydrogen-bond acceptors (Lipinski definition) is 4. The Bertz CT molecular complexity index is 1040. The molecule has 6 nitrogen and oxygen atoms in total. The molecule has 0 bridgehead atoms. The monoisotopic (exact) mass is 291 g/mol. The van der Waals surface area contributed by atoms with Gasteiger partial charge in [-0.25, -0.2) is 9.67 Å². The number of fused-ring (bicyclic) bond motifs is 2. The minimum atomic E-state index is -0.175. The average Bonchev–Trinajstić information content (AvgIpc) is 2.92. The molecule has 0 fully saturated rings. The molecule has 6 heteroatoms. The first kappa shape index (κ1) is 12.7. The van der Waals surface area contributed by atoms with Crippen molar-refractivity contribution in [1.82, 2.24) is 24.5 Å². The van der Waals surface area contributed by atoms with E-state index in [2.05, 4.69) is 33.5 Å². The van der Waals surface area contributed by atoms with E-state index in [0.29, 0.717) is 17.7 Å². The van der Waals surface area contributed by atoms with Crippen LogP contribution in [-0.4, -0.2) is 24.5 Å². The summed E-state index contributed by atoms with van der Waals surface area (Å²) in [4.78, 5) is 16.8. The van der Waals surface area contributed by atoms with Crippen LogP contribution >= 0.6 is 0 Å². The van der Waals surface area contributed by atoms with E-state index < -0.39 is 0 Å². The number of aryl methyl sites for hydroxylation is 1. The Morgan fingerprint density at radius 1 is 1.09 bits per heavy atom. The maximum Gasteiger partial charge on any atom is 0.283 e. The van der Waals surface area contributed by atoms with E-state index in [1.807, 2.05) is 24.3 Å². The van der Waals surface area contributed by atoms with Gasteiger partial charge in [-0.15, -0.1) is 5.10 Å². The predicted molar refractivity (Wildman–Crippen MR) is 83.6 cm³/mol. The molecular weight excluding hydrogens is 278 g/mol. The van der Waals surface area contributed by atoms with E-state index >= 15 is 0 Å². The molecule has 0 aliphatic heterocycles. The lowest BCUT2D eigenvalue weighted by Crippen LogP contribution is -2.21. The van der Waals surface area contributed by atoms with Gasteiger partial charge in [0, 0.05) is 7.05 Å². The maximum absolute atomic E-state index is 12.5. The number of nitrogens with zero attached hydrogens (tertiary/aromatic N) is 5. The van der Waals surface area contributed by atoms with E-state index in [-0.39, 0.29) is 5.56 Å². The third-order valence-corrected chi connectivity index (χ3v) is 3.80. The van der Waals surface area contributed by atoms with Gasteiger partial charge in [-0.3, -0.25) is 9.36 Å². The first-order valence-electron chi connectivity index (χ1n) is 6.95. The zero-order valence-corrected chi connectivity index (χ0v) is 12.0. The number of hydrogen-bond donors (Lipinski definition) is 0. The first-order valence-corrected chi connectivity index (χ1v) is 6.95. The molecule has 22 heavy (non-hydrogen) atoms. The highest BCUT2D eigenvalue weighted by Gasteiger charge is 2.10. The Morgan fingerprint density at radius 3 is 2.82 bits per heavy atom. The van der Waals surface area contributed by atoms with Gasteiger partial charge in [0.25, 0.3) is 5.56 Å². The molecule has 108 valence electrons. The first-order chi connectivity index (χ1) is 10.7. The van der Waals surface area contributed by atoms with Crippen LogP contribution in [0.25, 0.3) is 21.9 Å². The van der Waals surface area contributed by atoms with Crippen molar-refractivity contribution in [3.8, 4) is 0 Å². The largest absolute Gasteiger partial charge is 0.293 e. The third kappa shape index (κ3) is 1.88. The molecule has 4 aromatic rings. The zero-order chi connectivity index (χ0) is 15.1. The van der Waals surface area contributed by atoms with Crippen LogP contribution in [0.15, 0.2) is 53.6 Å². The van der Waals surface area contributed by atoms with Crippen LogP contribution in [-0.2, 0) is 13.6 Å². The minimum Gasteiger partial charge on any atom is -0.293 e. The van der Waals surface area contributed by atoms with Gasteiger partial charge in [0.2, 0.25) is 0 Å². The zero-order valence-electron chi connectivity index (χ0n) is 12.0. The van der Waals surface area contributed by atoms with Gasteiger partial charge in [-0.1, -0.05) is 47.7 Å². The summed E-state index contributed by atoms with van der Waals surface area (Å²) in [5, 5.41) is 10.0. The Labute approximate surface area is 125 Å². The fraction of sp³-hybridized carbons (Fsp3) is 0.125. The van der Waals surface area contributed by atoms with Crippen LogP contribution in [0, 0.1) is 0 Å². The SMILES string of the molecule is Cn1nnc2c(=O)n(Cc3cccc4ccccc34)cnc21. The summed E-state index contributed by atoms with van der Waals surface area (Å²) in [6.45, 7) is 0.458. The Hall–Kier alpha value is -3.02. The molecule has 2 aromatic carbocycles. The molecule has 0 atom stereocenters. The molecule has 0 saturated carbocycles. The second-order valence-corrected chi connectivity index (χ2v) is 5.20. The predicted octanol–water partition coefficient (Wildman–Crippen LogP) is 1.73. The average molecular weight is 291 g/mol. The minimum absolute atomic E-state index is 0.175. The molecule has 0 aliphatic rings. The van der Waals surface area contributed by atoms with Crippen LogP contribution in [0.4, 0.5) is 0 Å². The van der Waals surface area contributed by atoms with Crippen molar-refractivity contribution in [2.75, 3.05) is 0 Å². The second-order valence-electron chi connectivity index (χ2n) is 5.20. The molecule has 0 spiro atoms. The molecule has 0 radical (unpaired) electrons. The lowest BCUT2D eigenvalue weighted by Gasteiger charge is -2.08. The standard InChI is InChI=1S/C16H13N5O/c1-20-15-14(18-19-20)16(22)21(10-17-15)9-12-7-4-6-11-5-2-3-8-13(11)12/h2-8,10H,9H2,1H3. The van der Waals surface area contributed by atoms with Crippen molar-refractivity contribution in [2.45, 2.75) is 6.54 Å². The molecule has 0 aliphatic carbocycles. The third-order valence-electron chi connectivity index (χ3n) is 3.80.